The van der Waals surface area contributed by atoms with Crippen molar-refractivity contribution in [2.75, 3.05) is 26.4 Å². The first-order valence-electron chi connectivity index (χ1n) is 5.90. The van der Waals surface area contributed by atoms with Crippen LogP contribution in [-0.2, 0) is 20.0 Å². The van der Waals surface area contributed by atoms with E-state index < -0.39 is 30.8 Å². The molecule has 0 amide bonds. The lowest BCUT2D eigenvalue weighted by Gasteiger charge is -2.14. The average molecular weight is 359 g/mol. The quantitative estimate of drug-likeness (QED) is 0.738. The maximum absolute atomic E-state index is 13.7. The van der Waals surface area contributed by atoms with Crippen LogP contribution < -0.4 is 4.72 Å². The molecule has 0 radical (unpaired) electrons. The highest BCUT2D eigenvalue weighted by molar-refractivity contribution is 7.89. The van der Waals surface area contributed by atoms with Crippen LogP contribution in [0.5, 0.6) is 0 Å². The van der Waals surface area contributed by atoms with E-state index >= 15 is 0 Å². The maximum Gasteiger partial charge on any atom is 0.243 e. The smallest absolute Gasteiger partial charge is 0.213 e. The number of hydrogen-bond acceptors (Lipinski definition) is 4. The SMILES string of the molecule is CN(CCCNS(=O)(=O)c1cccc(Cl)c1F)S(C)(=O)=O. The molecule has 120 valence electrons. The zero-order valence-electron chi connectivity index (χ0n) is 11.5. The first-order valence-corrected chi connectivity index (χ1v) is 9.61. The second-order valence-electron chi connectivity index (χ2n) is 4.39. The lowest BCUT2D eigenvalue weighted by Crippen LogP contribution is -2.31. The van der Waals surface area contributed by atoms with Crippen molar-refractivity contribution in [2.24, 2.45) is 0 Å². The van der Waals surface area contributed by atoms with E-state index in [-0.39, 0.29) is 24.5 Å². The van der Waals surface area contributed by atoms with E-state index in [4.69, 9.17) is 11.6 Å². The Morgan fingerprint density at radius 2 is 1.90 bits per heavy atom. The summed E-state index contributed by atoms with van der Waals surface area (Å²) in [6.07, 6.45) is 1.31. The topological polar surface area (TPSA) is 83.6 Å². The number of halogens is 2. The molecule has 0 unspecified atom stereocenters. The molecule has 0 saturated carbocycles. The van der Waals surface area contributed by atoms with Crippen LogP contribution in [0.2, 0.25) is 5.02 Å². The van der Waals surface area contributed by atoms with Crippen LogP contribution in [0, 0.1) is 5.82 Å². The van der Waals surface area contributed by atoms with Gasteiger partial charge >= 0.3 is 0 Å². The molecule has 6 nitrogen and oxygen atoms in total. The monoisotopic (exact) mass is 358 g/mol. The standard InChI is InChI=1S/C11H16ClFN2O4S2/c1-15(20(2,16)17)8-4-7-14-21(18,19)10-6-3-5-9(12)11(10)13/h3,5-6,14H,4,7-8H2,1-2H3. The largest absolute Gasteiger partial charge is 0.243 e. The van der Waals surface area contributed by atoms with Gasteiger partial charge in [0.1, 0.15) is 4.90 Å². The van der Waals surface area contributed by atoms with Crippen LogP contribution in [0.3, 0.4) is 0 Å². The Labute approximate surface area is 129 Å². The lowest BCUT2D eigenvalue weighted by molar-refractivity contribution is 0.465. The summed E-state index contributed by atoms with van der Waals surface area (Å²) in [6, 6.07) is 3.68. The summed E-state index contributed by atoms with van der Waals surface area (Å²) >= 11 is 5.53. The summed E-state index contributed by atoms with van der Waals surface area (Å²) in [4.78, 5) is -0.536. The maximum atomic E-state index is 13.7. The number of nitrogens with zero attached hydrogens (tertiary/aromatic N) is 1. The van der Waals surface area contributed by atoms with Gasteiger partial charge in [-0.3, -0.25) is 0 Å². The fourth-order valence-corrected chi connectivity index (χ4v) is 3.31. The van der Waals surface area contributed by atoms with E-state index in [0.29, 0.717) is 0 Å². The van der Waals surface area contributed by atoms with E-state index in [2.05, 4.69) is 4.72 Å². The molecule has 0 aliphatic heterocycles. The number of nitrogens with one attached hydrogen (secondary N) is 1. The Morgan fingerprint density at radius 1 is 1.29 bits per heavy atom. The van der Waals surface area contributed by atoms with Crippen LogP contribution in [-0.4, -0.2) is 47.5 Å². The summed E-state index contributed by atoms with van der Waals surface area (Å²) in [6.45, 7) is 0.132. The van der Waals surface area contributed by atoms with Gasteiger partial charge in [-0.05, 0) is 18.6 Å². The van der Waals surface area contributed by atoms with Crippen LogP contribution >= 0.6 is 11.6 Å². The molecule has 0 heterocycles. The third-order valence-electron chi connectivity index (χ3n) is 2.71. The third kappa shape index (κ3) is 5.19. The molecule has 0 aromatic heterocycles. The minimum Gasteiger partial charge on any atom is -0.213 e. The second-order valence-corrected chi connectivity index (χ2v) is 8.62. The first-order chi connectivity index (χ1) is 9.55. The predicted molar refractivity (Wildman–Crippen MR) is 78.7 cm³/mol. The van der Waals surface area contributed by atoms with Crippen LogP contribution in [0.15, 0.2) is 23.1 Å². The van der Waals surface area contributed by atoms with Gasteiger partial charge in [-0.2, -0.15) is 0 Å². The molecule has 1 N–H and O–H groups in total. The molecule has 21 heavy (non-hydrogen) atoms. The molecule has 10 heteroatoms. The van der Waals surface area contributed by atoms with Crippen molar-refractivity contribution < 1.29 is 21.2 Å². The van der Waals surface area contributed by atoms with Gasteiger partial charge in [0.25, 0.3) is 0 Å². The Balaban J connectivity index is 2.65. The highest BCUT2D eigenvalue weighted by atomic mass is 35.5. The third-order valence-corrected chi connectivity index (χ3v) is 5.80. The van der Waals surface area contributed by atoms with Crippen molar-refractivity contribution in [3.63, 3.8) is 0 Å². The highest BCUT2D eigenvalue weighted by Gasteiger charge is 2.20. The average Bonchev–Trinajstić information content (AvgIpc) is 2.36. The van der Waals surface area contributed by atoms with Crippen LogP contribution in [0.4, 0.5) is 4.39 Å². The van der Waals surface area contributed by atoms with Crippen molar-refractivity contribution >= 4 is 31.6 Å². The molecule has 1 aromatic carbocycles. The molecule has 0 spiro atoms. The Morgan fingerprint density at radius 3 is 2.48 bits per heavy atom. The van der Waals surface area contributed by atoms with E-state index in [1.54, 1.807) is 0 Å². The van der Waals surface area contributed by atoms with Gasteiger partial charge in [0.15, 0.2) is 5.82 Å². The molecule has 0 aliphatic carbocycles. The number of benzene rings is 1. The van der Waals surface area contributed by atoms with Crippen molar-refractivity contribution in [1.82, 2.24) is 9.03 Å². The molecular weight excluding hydrogens is 343 g/mol. The van der Waals surface area contributed by atoms with Crippen molar-refractivity contribution in [2.45, 2.75) is 11.3 Å². The van der Waals surface area contributed by atoms with Crippen LogP contribution in [0.1, 0.15) is 6.42 Å². The van der Waals surface area contributed by atoms with E-state index in [1.165, 1.54) is 19.2 Å². The molecule has 1 aromatic rings. The van der Waals surface area contributed by atoms with Gasteiger partial charge in [-0.15, -0.1) is 0 Å². The molecule has 0 aliphatic rings. The number of rotatable bonds is 7. The molecule has 0 saturated heterocycles. The fraction of sp³-hybridized carbons (Fsp3) is 0.455. The Kier molecular flexibility index (Phi) is 6.11. The zero-order valence-corrected chi connectivity index (χ0v) is 13.9. The fourth-order valence-electron chi connectivity index (χ4n) is 1.44. The Bertz CT molecular complexity index is 707. The normalized spacial score (nSPS) is 12.8. The lowest BCUT2D eigenvalue weighted by atomic mass is 10.3. The number of sulfonamides is 2. The van der Waals surface area contributed by atoms with E-state index in [1.807, 2.05) is 0 Å². The van der Waals surface area contributed by atoms with Crippen LogP contribution in [0.25, 0.3) is 0 Å². The Hall–Kier alpha value is -0.740. The summed E-state index contributed by atoms with van der Waals surface area (Å²) in [7, 11) is -5.94. The predicted octanol–water partition coefficient (Wildman–Crippen LogP) is 1.04. The molecule has 1 rings (SSSR count). The van der Waals surface area contributed by atoms with Gasteiger partial charge in [0.2, 0.25) is 20.0 Å². The van der Waals surface area contributed by atoms with Gasteiger partial charge in [-0.1, -0.05) is 17.7 Å². The van der Waals surface area contributed by atoms with Gasteiger partial charge < -0.3 is 0 Å². The minimum atomic E-state index is -4.02. The molecule has 0 atom stereocenters. The molecule has 0 fully saturated rings. The van der Waals surface area contributed by atoms with Crippen molar-refractivity contribution in [3.05, 3.63) is 29.0 Å². The number of hydrogen-bond donors (Lipinski definition) is 1. The zero-order chi connectivity index (χ0) is 16.3. The first kappa shape index (κ1) is 18.3. The van der Waals surface area contributed by atoms with Crippen molar-refractivity contribution in [3.8, 4) is 0 Å². The second kappa shape index (κ2) is 7.01. The van der Waals surface area contributed by atoms with E-state index in [0.717, 1.165) is 16.6 Å². The summed E-state index contributed by atoms with van der Waals surface area (Å²) in [5.41, 5.74) is 0. The van der Waals surface area contributed by atoms with Gasteiger partial charge in [0, 0.05) is 20.1 Å². The van der Waals surface area contributed by atoms with E-state index in [9.17, 15) is 21.2 Å². The van der Waals surface area contributed by atoms with Crippen molar-refractivity contribution in [1.29, 1.82) is 0 Å². The summed E-state index contributed by atoms with van der Waals surface area (Å²) in [5.74, 6) is -1.01. The minimum absolute atomic E-state index is 0.0197. The van der Waals surface area contributed by atoms with Gasteiger partial charge in [-0.25, -0.2) is 30.3 Å². The summed E-state index contributed by atoms with van der Waals surface area (Å²) < 4.78 is 63.1. The molecule has 0 bridgehead atoms. The highest BCUT2D eigenvalue weighted by Crippen LogP contribution is 2.21. The van der Waals surface area contributed by atoms with Gasteiger partial charge in [0.05, 0.1) is 11.3 Å². The summed E-state index contributed by atoms with van der Waals surface area (Å²) in [5, 5.41) is -0.283. The molecular formula is C11H16ClFN2O4S2.